The summed E-state index contributed by atoms with van der Waals surface area (Å²) in [5.74, 6) is 0.195. The van der Waals surface area contributed by atoms with Crippen molar-refractivity contribution in [2.24, 2.45) is 16.6 Å². The molecule has 0 aromatic rings. The molecule has 18 heavy (non-hydrogen) atoms. The third-order valence-corrected chi connectivity index (χ3v) is 4.92. The van der Waals surface area contributed by atoms with Crippen LogP contribution in [0.2, 0.25) is 0 Å². The summed E-state index contributed by atoms with van der Waals surface area (Å²) in [7, 11) is 0. The Bertz CT molecular complexity index is 359. The molecule has 0 atom stereocenters. The zero-order valence-corrected chi connectivity index (χ0v) is 12.3. The number of thiocarbonyl (C=S) groups is 1. The Kier molecular flexibility index (Phi) is 3.67. The number of carbonyl (C=O) groups excluding carboxylic acids is 1. The molecule has 0 bridgehead atoms. The fourth-order valence-corrected chi connectivity index (χ4v) is 3.73. The third-order valence-electron chi connectivity index (χ3n) is 4.53. The van der Waals surface area contributed by atoms with Crippen molar-refractivity contribution in [3.8, 4) is 0 Å². The molecular formula is C14H24N2OS. The van der Waals surface area contributed by atoms with E-state index >= 15 is 0 Å². The van der Waals surface area contributed by atoms with Crippen LogP contribution in [0.5, 0.6) is 0 Å². The molecule has 1 saturated heterocycles. The lowest BCUT2D eigenvalue weighted by atomic mass is 9.80. The van der Waals surface area contributed by atoms with Gasteiger partial charge in [-0.3, -0.25) is 4.79 Å². The number of amides is 1. The second-order valence-electron chi connectivity index (χ2n) is 6.65. The van der Waals surface area contributed by atoms with Gasteiger partial charge in [-0.2, -0.15) is 0 Å². The average molecular weight is 268 g/mol. The SMILES string of the molecule is CC1(C)CCCN(C(=O)C2(C(N)=S)CCCC2)C1. The number of likely N-dealkylation sites (tertiary alicyclic amines) is 1. The number of hydrogen-bond acceptors (Lipinski definition) is 2. The Labute approximate surface area is 115 Å². The fraction of sp³-hybridized carbons (Fsp3) is 0.857. The zero-order chi connectivity index (χ0) is 13.4. The predicted molar refractivity (Wildman–Crippen MR) is 77.3 cm³/mol. The molecule has 2 rings (SSSR count). The molecule has 3 nitrogen and oxygen atoms in total. The van der Waals surface area contributed by atoms with Gasteiger partial charge in [-0.25, -0.2) is 0 Å². The molecule has 0 radical (unpaired) electrons. The maximum atomic E-state index is 12.8. The van der Waals surface area contributed by atoms with Gasteiger partial charge in [0.15, 0.2) is 0 Å². The van der Waals surface area contributed by atoms with Crippen LogP contribution in [0.1, 0.15) is 52.4 Å². The van der Waals surface area contributed by atoms with Crippen LogP contribution in [0.15, 0.2) is 0 Å². The lowest BCUT2D eigenvalue weighted by molar-refractivity contribution is -0.141. The molecule has 1 aliphatic heterocycles. The Hall–Kier alpha value is -0.640. The molecule has 1 aliphatic carbocycles. The quantitative estimate of drug-likeness (QED) is 0.783. The third kappa shape index (κ3) is 2.40. The molecule has 2 fully saturated rings. The van der Waals surface area contributed by atoms with Gasteiger partial charge < -0.3 is 10.6 Å². The van der Waals surface area contributed by atoms with Gasteiger partial charge >= 0.3 is 0 Å². The smallest absolute Gasteiger partial charge is 0.235 e. The Morgan fingerprint density at radius 3 is 2.28 bits per heavy atom. The molecule has 0 aromatic heterocycles. The van der Waals surface area contributed by atoms with Gasteiger partial charge in [0.2, 0.25) is 5.91 Å². The number of nitrogens with two attached hydrogens (primary N) is 1. The number of hydrogen-bond donors (Lipinski definition) is 1. The van der Waals surface area contributed by atoms with Crippen LogP contribution in [0.3, 0.4) is 0 Å². The van der Waals surface area contributed by atoms with Crippen LogP contribution in [-0.2, 0) is 4.79 Å². The average Bonchev–Trinajstić information content (AvgIpc) is 2.76. The molecule has 2 N–H and O–H groups in total. The Morgan fingerprint density at radius 2 is 1.78 bits per heavy atom. The Balaban J connectivity index is 2.17. The highest BCUT2D eigenvalue weighted by Gasteiger charge is 2.47. The van der Waals surface area contributed by atoms with Crippen LogP contribution in [-0.4, -0.2) is 28.9 Å². The van der Waals surface area contributed by atoms with Gasteiger partial charge in [-0.1, -0.05) is 38.9 Å². The van der Waals surface area contributed by atoms with E-state index in [4.69, 9.17) is 18.0 Å². The highest BCUT2D eigenvalue weighted by atomic mass is 32.1. The van der Waals surface area contributed by atoms with Crippen molar-refractivity contribution in [3.05, 3.63) is 0 Å². The first-order chi connectivity index (χ1) is 8.37. The largest absolute Gasteiger partial charge is 0.392 e. The van der Waals surface area contributed by atoms with E-state index in [-0.39, 0.29) is 11.3 Å². The summed E-state index contributed by atoms with van der Waals surface area (Å²) < 4.78 is 0. The van der Waals surface area contributed by atoms with Crippen molar-refractivity contribution < 1.29 is 4.79 Å². The van der Waals surface area contributed by atoms with Gasteiger partial charge in [0.25, 0.3) is 0 Å². The van der Waals surface area contributed by atoms with Crippen LogP contribution < -0.4 is 5.73 Å². The number of rotatable bonds is 2. The summed E-state index contributed by atoms with van der Waals surface area (Å²) >= 11 is 5.20. The summed E-state index contributed by atoms with van der Waals surface area (Å²) in [6, 6.07) is 0. The molecule has 1 heterocycles. The lowest BCUT2D eigenvalue weighted by Gasteiger charge is -2.42. The summed E-state index contributed by atoms with van der Waals surface area (Å²) in [5, 5.41) is 0. The number of nitrogens with zero attached hydrogens (tertiary/aromatic N) is 1. The van der Waals surface area contributed by atoms with E-state index in [1.54, 1.807) is 0 Å². The molecule has 2 aliphatic rings. The molecule has 102 valence electrons. The first-order valence-electron chi connectivity index (χ1n) is 6.97. The predicted octanol–water partition coefficient (Wildman–Crippen LogP) is 2.48. The number of carbonyl (C=O) groups is 1. The van der Waals surface area contributed by atoms with Crippen LogP contribution in [0, 0.1) is 10.8 Å². The molecule has 1 saturated carbocycles. The minimum Gasteiger partial charge on any atom is -0.392 e. The van der Waals surface area contributed by atoms with E-state index in [0.717, 1.165) is 45.2 Å². The van der Waals surface area contributed by atoms with Crippen LogP contribution >= 0.6 is 12.2 Å². The van der Waals surface area contributed by atoms with E-state index in [2.05, 4.69) is 13.8 Å². The van der Waals surface area contributed by atoms with Crippen molar-refractivity contribution in [1.29, 1.82) is 0 Å². The minimum absolute atomic E-state index is 0.195. The van der Waals surface area contributed by atoms with Crippen molar-refractivity contribution in [2.45, 2.75) is 52.4 Å². The van der Waals surface area contributed by atoms with E-state index in [1.165, 1.54) is 6.42 Å². The standard InChI is InChI=1S/C14H24N2OS/c1-13(2)6-5-9-16(10-13)12(17)14(11(15)18)7-3-4-8-14/h3-10H2,1-2H3,(H2,15,18). The monoisotopic (exact) mass is 268 g/mol. The summed E-state index contributed by atoms with van der Waals surface area (Å²) in [6.07, 6.45) is 6.11. The molecule has 0 unspecified atom stereocenters. The van der Waals surface area contributed by atoms with E-state index in [0.29, 0.717) is 4.99 Å². The first-order valence-corrected chi connectivity index (χ1v) is 7.38. The van der Waals surface area contributed by atoms with Crippen molar-refractivity contribution >= 4 is 23.1 Å². The van der Waals surface area contributed by atoms with Gasteiger partial charge in [-0.15, -0.1) is 0 Å². The van der Waals surface area contributed by atoms with Crippen molar-refractivity contribution in [1.82, 2.24) is 4.90 Å². The minimum atomic E-state index is -0.525. The molecule has 0 spiro atoms. The van der Waals surface area contributed by atoms with E-state index in [1.807, 2.05) is 4.90 Å². The lowest BCUT2D eigenvalue weighted by Crippen LogP contribution is -2.53. The fourth-order valence-electron chi connectivity index (χ4n) is 3.44. The maximum Gasteiger partial charge on any atom is 0.235 e. The molecule has 1 amide bonds. The second-order valence-corrected chi connectivity index (χ2v) is 7.09. The van der Waals surface area contributed by atoms with Gasteiger partial charge in [0.05, 0.1) is 10.4 Å². The second kappa shape index (κ2) is 4.80. The highest BCUT2D eigenvalue weighted by Crippen LogP contribution is 2.41. The van der Waals surface area contributed by atoms with Crippen molar-refractivity contribution in [3.63, 3.8) is 0 Å². The summed E-state index contributed by atoms with van der Waals surface area (Å²) in [6.45, 7) is 6.17. The summed E-state index contributed by atoms with van der Waals surface area (Å²) in [4.78, 5) is 15.2. The topological polar surface area (TPSA) is 46.3 Å². The first kappa shape index (κ1) is 13.8. The molecule has 4 heteroatoms. The maximum absolute atomic E-state index is 12.8. The van der Waals surface area contributed by atoms with Gasteiger partial charge in [0, 0.05) is 13.1 Å². The summed E-state index contributed by atoms with van der Waals surface area (Å²) in [5.41, 5.74) is 5.59. The number of piperidine rings is 1. The van der Waals surface area contributed by atoms with Gasteiger partial charge in [-0.05, 0) is 31.1 Å². The van der Waals surface area contributed by atoms with E-state index < -0.39 is 5.41 Å². The van der Waals surface area contributed by atoms with Gasteiger partial charge in [0.1, 0.15) is 0 Å². The normalized spacial score (nSPS) is 26.0. The Morgan fingerprint density at radius 1 is 1.17 bits per heavy atom. The van der Waals surface area contributed by atoms with Crippen molar-refractivity contribution in [2.75, 3.05) is 13.1 Å². The van der Waals surface area contributed by atoms with Crippen LogP contribution in [0.4, 0.5) is 0 Å². The zero-order valence-electron chi connectivity index (χ0n) is 11.5. The molecule has 0 aromatic carbocycles. The van der Waals surface area contributed by atoms with E-state index in [9.17, 15) is 4.79 Å². The highest BCUT2D eigenvalue weighted by molar-refractivity contribution is 7.80. The molecular weight excluding hydrogens is 244 g/mol. The van der Waals surface area contributed by atoms with Crippen LogP contribution in [0.25, 0.3) is 0 Å².